The number of unbranched alkanes of at least 4 members (excludes halogenated alkanes) is 2. The SMILES string of the molecule is CCCCCC1=[C-]C([SiH2]c2ccccc2)=CC1.[Cl-].[Cl-].[Cl-].[Ti+4]. The monoisotopic (exact) mass is 394 g/mol. The molecule has 0 N–H and O–H groups in total. The van der Waals surface area contributed by atoms with E-state index in [0.717, 1.165) is 0 Å². The third-order valence-electron chi connectivity index (χ3n) is 3.25. The van der Waals surface area contributed by atoms with Gasteiger partial charge in [-0.15, -0.1) is 0 Å². The van der Waals surface area contributed by atoms with Crippen LogP contribution in [0, 0.1) is 6.08 Å². The molecule has 0 unspecified atom stereocenters. The maximum atomic E-state index is 3.64. The molecule has 0 saturated heterocycles. The Morgan fingerprint density at radius 1 is 1.05 bits per heavy atom. The standard InChI is InChI=1S/C16H21Si.3ClH.Ti/c1-2-3-5-8-14-11-12-16(13-14)17-15-9-6-4-7-10-15;;;;/h4,6-7,9-10,12H,2-3,5,8,11,17H2,1H3;3*1H;/q-1;;;;+4/p-3. The number of halogens is 3. The summed E-state index contributed by atoms with van der Waals surface area (Å²) in [5.41, 5.74) is 1.54. The van der Waals surface area contributed by atoms with Crippen molar-refractivity contribution in [2.75, 3.05) is 0 Å². The van der Waals surface area contributed by atoms with Gasteiger partial charge in [0, 0.05) is 9.52 Å². The zero-order chi connectivity index (χ0) is 11.9. The van der Waals surface area contributed by atoms with Gasteiger partial charge in [0.05, 0.1) is 0 Å². The van der Waals surface area contributed by atoms with Crippen LogP contribution in [0.2, 0.25) is 0 Å². The zero-order valence-electron chi connectivity index (χ0n) is 12.3. The van der Waals surface area contributed by atoms with Crippen molar-refractivity contribution in [3.63, 3.8) is 0 Å². The molecule has 0 radical (unpaired) electrons. The van der Waals surface area contributed by atoms with E-state index in [-0.39, 0.29) is 68.5 Å². The zero-order valence-corrected chi connectivity index (χ0v) is 17.6. The summed E-state index contributed by atoms with van der Waals surface area (Å²) in [5, 5.41) is 3.05. The van der Waals surface area contributed by atoms with Gasteiger partial charge in [-0.1, -0.05) is 74.5 Å². The number of allylic oxidation sites excluding steroid dienone is 4. The first-order valence-electron chi connectivity index (χ1n) is 6.73. The number of rotatable bonds is 6. The van der Waals surface area contributed by atoms with Gasteiger partial charge in [-0.05, 0) is 0 Å². The Kier molecular flexibility index (Phi) is 19.4. The van der Waals surface area contributed by atoms with Gasteiger partial charge in [0.1, 0.15) is 0 Å². The van der Waals surface area contributed by atoms with Crippen LogP contribution in [-0.2, 0) is 21.7 Å². The second kappa shape index (κ2) is 15.4. The van der Waals surface area contributed by atoms with Crippen LogP contribution < -0.4 is 42.4 Å². The Hall–Kier alpha value is 0.501. The van der Waals surface area contributed by atoms with Gasteiger partial charge in [0.25, 0.3) is 0 Å². The molecule has 0 aromatic heterocycles. The fourth-order valence-electron chi connectivity index (χ4n) is 2.26. The summed E-state index contributed by atoms with van der Waals surface area (Å²) in [7, 11) is -0.266. The molecule has 0 spiro atoms. The molecule has 1 aliphatic rings. The van der Waals surface area contributed by atoms with Crippen LogP contribution in [0.3, 0.4) is 0 Å². The third kappa shape index (κ3) is 9.99. The predicted molar refractivity (Wildman–Crippen MR) is 78.2 cm³/mol. The molecule has 0 bridgehead atoms. The van der Waals surface area contributed by atoms with Crippen LogP contribution >= 0.6 is 0 Å². The molecular weight excluding hydrogens is 374 g/mol. The molecule has 0 atom stereocenters. The van der Waals surface area contributed by atoms with Crippen LogP contribution in [0.5, 0.6) is 0 Å². The maximum Gasteiger partial charge on any atom is 4.00 e. The summed E-state index contributed by atoms with van der Waals surface area (Å²) in [4.78, 5) is 0. The quantitative estimate of drug-likeness (QED) is 0.256. The van der Waals surface area contributed by atoms with Crippen molar-refractivity contribution < 1.29 is 58.9 Å². The van der Waals surface area contributed by atoms with Gasteiger partial charge >= 0.3 is 21.7 Å². The number of hydrogen-bond donors (Lipinski definition) is 0. The molecule has 2 rings (SSSR count). The fourth-order valence-corrected chi connectivity index (χ4v) is 3.84. The molecular formula is C16H21Cl3SiTi. The average Bonchev–Trinajstić information content (AvgIpc) is 2.79. The fraction of sp³-hybridized carbons (Fsp3) is 0.375. The van der Waals surface area contributed by atoms with E-state index in [9.17, 15) is 0 Å². The molecule has 1 aromatic carbocycles. The maximum absolute atomic E-state index is 3.64. The van der Waals surface area contributed by atoms with Crippen molar-refractivity contribution in [2.24, 2.45) is 0 Å². The molecule has 0 nitrogen and oxygen atoms in total. The summed E-state index contributed by atoms with van der Waals surface area (Å²) in [6.07, 6.45) is 12.5. The van der Waals surface area contributed by atoms with Crippen molar-refractivity contribution in [3.05, 3.63) is 53.3 Å². The Morgan fingerprint density at radius 3 is 2.33 bits per heavy atom. The topological polar surface area (TPSA) is 0 Å². The molecule has 0 saturated carbocycles. The molecule has 0 heterocycles. The molecule has 0 fully saturated rings. The number of hydrogen-bond acceptors (Lipinski definition) is 0. The van der Waals surface area contributed by atoms with Gasteiger partial charge in [-0.2, -0.15) is 5.57 Å². The van der Waals surface area contributed by atoms with Crippen LogP contribution in [0.1, 0.15) is 39.0 Å². The third-order valence-corrected chi connectivity index (χ3v) is 4.98. The van der Waals surface area contributed by atoms with Crippen molar-refractivity contribution in [2.45, 2.75) is 39.0 Å². The largest absolute Gasteiger partial charge is 4.00 e. The normalized spacial score (nSPS) is 12.4. The molecule has 0 aliphatic heterocycles. The second-order valence-corrected chi connectivity index (χ2v) is 6.71. The summed E-state index contributed by atoms with van der Waals surface area (Å²) in [6.45, 7) is 2.26. The second-order valence-electron chi connectivity index (χ2n) is 4.78. The molecule has 21 heavy (non-hydrogen) atoms. The average molecular weight is 396 g/mol. The molecule has 1 aliphatic carbocycles. The molecule has 0 amide bonds. The van der Waals surface area contributed by atoms with Crippen LogP contribution in [0.25, 0.3) is 0 Å². The van der Waals surface area contributed by atoms with E-state index in [1.165, 1.54) is 48.1 Å². The van der Waals surface area contributed by atoms with E-state index < -0.39 is 0 Å². The van der Waals surface area contributed by atoms with Crippen molar-refractivity contribution >= 4 is 14.7 Å². The minimum absolute atomic E-state index is 0. The van der Waals surface area contributed by atoms with Gasteiger partial charge in [0.15, 0.2) is 0 Å². The predicted octanol–water partition coefficient (Wildman–Crippen LogP) is -5.91. The minimum atomic E-state index is -0.266. The Labute approximate surface area is 165 Å². The Bertz CT molecular complexity index is 419. The van der Waals surface area contributed by atoms with E-state index >= 15 is 0 Å². The summed E-state index contributed by atoms with van der Waals surface area (Å²) >= 11 is 0. The summed E-state index contributed by atoms with van der Waals surface area (Å²) in [5.74, 6) is 0. The number of benzene rings is 1. The van der Waals surface area contributed by atoms with Crippen molar-refractivity contribution in [1.82, 2.24) is 0 Å². The molecule has 1 aromatic rings. The van der Waals surface area contributed by atoms with Gasteiger partial charge < -0.3 is 37.2 Å². The molecule has 5 heteroatoms. The van der Waals surface area contributed by atoms with E-state index in [0.29, 0.717) is 0 Å². The van der Waals surface area contributed by atoms with Gasteiger partial charge in [-0.25, -0.2) is 11.3 Å². The van der Waals surface area contributed by atoms with Crippen LogP contribution in [-0.4, -0.2) is 9.52 Å². The van der Waals surface area contributed by atoms with Crippen LogP contribution in [0.4, 0.5) is 0 Å². The van der Waals surface area contributed by atoms with E-state index in [1.807, 2.05) is 0 Å². The van der Waals surface area contributed by atoms with Crippen molar-refractivity contribution in [1.29, 1.82) is 0 Å². The first-order valence-corrected chi connectivity index (χ1v) is 8.14. The van der Waals surface area contributed by atoms with E-state index in [4.69, 9.17) is 0 Å². The van der Waals surface area contributed by atoms with E-state index in [2.05, 4.69) is 49.4 Å². The summed E-state index contributed by atoms with van der Waals surface area (Å²) < 4.78 is 0. The smallest absolute Gasteiger partial charge is 1.00 e. The van der Waals surface area contributed by atoms with Gasteiger partial charge in [0.2, 0.25) is 0 Å². The van der Waals surface area contributed by atoms with E-state index in [1.54, 1.807) is 0 Å². The Morgan fingerprint density at radius 2 is 1.71 bits per heavy atom. The Balaban J connectivity index is -0.000000810. The van der Waals surface area contributed by atoms with Crippen molar-refractivity contribution in [3.8, 4) is 0 Å². The minimum Gasteiger partial charge on any atom is -1.00 e. The summed E-state index contributed by atoms with van der Waals surface area (Å²) in [6, 6.07) is 10.9. The van der Waals surface area contributed by atoms with Crippen LogP contribution in [0.15, 0.2) is 47.2 Å². The first kappa shape index (κ1) is 26.4. The van der Waals surface area contributed by atoms with Gasteiger partial charge in [-0.3, -0.25) is 6.08 Å². The first-order chi connectivity index (χ1) is 8.38. The molecule has 114 valence electrons.